The van der Waals surface area contributed by atoms with Gasteiger partial charge in [-0.15, -0.1) is 11.6 Å². The second-order valence-corrected chi connectivity index (χ2v) is 4.62. The van der Waals surface area contributed by atoms with Gasteiger partial charge in [-0.05, 0) is 6.92 Å². The molecule has 2 N–H and O–H groups in total. The van der Waals surface area contributed by atoms with Gasteiger partial charge in [0.15, 0.2) is 0 Å². The molecule has 0 aliphatic carbocycles. The number of hydrogen-bond donors (Lipinski definition) is 2. The lowest BCUT2D eigenvalue weighted by Gasteiger charge is -2.12. The van der Waals surface area contributed by atoms with Crippen molar-refractivity contribution in [1.29, 1.82) is 0 Å². The van der Waals surface area contributed by atoms with Crippen molar-refractivity contribution in [2.75, 3.05) is 19.6 Å². The van der Waals surface area contributed by atoms with Gasteiger partial charge in [0.05, 0.1) is 13.0 Å². The maximum Gasteiger partial charge on any atom is 0.421 e. The minimum atomic E-state index is -4.18. The van der Waals surface area contributed by atoms with Crippen molar-refractivity contribution < 1.29 is 27.5 Å². The number of alkyl halides is 1. The van der Waals surface area contributed by atoms with Crippen LogP contribution in [0.2, 0.25) is 0 Å². The summed E-state index contributed by atoms with van der Waals surface area (Å²) in [5.74, 6) is -0.746. The highest BCUT2D eigenvalue weighted by molar-refractivity contribution is 7.88. The SMILES string of the molecule is COC(=O)[C@@H](C)NS(=O)(=O)NC(=O)OCCCl. The van der Waals surface area contributed by atoms with Gasteiger partial charge in [-0.3, -0.25) is 4.79 Å². The van der Waals surface area contributed by atoms with Crippen molar-refractivity contribution in [3.05, 3.63) is 0 Å². The van der Waals surface area contributed by atoms with Crippen LogP contribution in [-0.2, 0) is 24.5 Å². The topological polar surface area (TPSA) is 111 Å². The molecule has 1 amide bonds. The third kappa shape index (κ3) is 6.97. The fourth-order valence-corrected chi connectivity index (χ4v) is 1.73. The molecule has 8 nitrogen and oxygen atoms in total. The highest BCUT2D eigenvalue weighted by Crippen LogP contribution is 1.90. The number of carbonyl (C=O) groups is 2. The smallest absolute Gasteiger partial charge is 0.421 e. The van der Waals surface area contributed by atoms with Crippen molar-refractivity contribution in [3.63, 3.8) is 0 Å². The van der Waals surface area contributed by atoms with Gasteiger partial charge < -0.3 is 9.47 Å². The Morgan fingerprint density at radius 1 is 1.41 bits per heavy atom. The lowest BCUT2D eigenvalue weighted by atomic mass is 10.4. The van der Waals surface area contributed by atoms with Crippen LogP contribution in [0.4, 0.5) is 4.79 Å². The van der Waals surface area contributed by atoms with Crippen LogP contribution >= 0.6 is 11.6 Å². The number of hydrogen-bond acceptors (Lipinski definition) is 6. The van der Waals surface area contributed by atoms with Crippen molar-refractivity contribution in [2.24, 2.45) is 0 Å². The van der Waals surface area contributed by atoms with Crippen LogP contribution in [0.1, 0.15) is 6.92 Å². The van der Waals surface area contributed by atoms with E-state index in [1.165, 1.54) is 11.6 Å². The number of methoxy groups -OCH3 is 1. The lowest BCUT2D eigenvalue weighted by Crippen LogP contribution is -2.47. The quantitative estimate of drug-likeness (QED) is 0.496. The third-order valence-electron chi connectivity index (χ3n) is 1.41. The van der Waals surface area contributed by atoms with E-state index in [1.807, 2.05) is 4.72 Å². The Hall–Kier alpha value is -1.06. The summed E-state index contributed by atoms with van der Waals surface area (Å²) < 4.78 is 34.6. The third-order valence-corrected chi connectivity index (χ3v) is 2.67. The number of carbonyl (C=O) groups excluding carboxylic acids is 2. The molecule has 0 aromatic carbocycles. The molecule has 0 bridgehead atoms. The van der Waals surface area contributed by atoms with Gasteiger partial charge in [0, 0.05) is 0 Å². The number of nitrogens with one attached hydrogen (secondary N) is 2. The average molecular weight is 289 g/mol. The molecule has 0 radical (unpaired) electrons. The van der Waals surface area contributed by atoms with E-state index in [0.29, 0.717) is 0 Å². The summed E-state index contributed by atoms with van der Waals surface area (Å²) in [6.07, 6.45) is -1.18. The summed E-state index contributed by atoms with van der Waals surface area (Å²) in [6.45, 7) is 1.13. The normalized spacial score (nSPS) is 12.6. The monoisotopic (exact) mass is 288 g/mol. The van der Waals surface area contributed by atoms with E-state index in [0.717, 1.165) is 7.11 Å². The highest BCUT2D eigenvalue weighted by Gasteiger charge is 2.22. The summed E-state index contributed by atoms with van der Waals surface area (Å²) in [7, 11) is -3.08. The fraction of sp³-hybridized carbons (Fsp3) is 0.714. The number of esters is 1. The Labute approximate surface area is 104 Å². The first-order valence-electron chi connectivity index (χ1n) is 4.43. The highest BCUT2D eigenvalue weighted by atomic mass is 35.5. The molecule has 10 heteroatoms. The van der Waals surface area contributed by atoms with Crippen LogP contribution in [0.5, 0.6) is 0 Å². The molecule has 17 heavy (non-hydrogen) atoms. The molecule has 0 aliphatic rings. The van der Waals surface area contributed by atoms with Crippen LogP contribution < -0.4 is 9.44 Å². The Bertz CT molecular complexity index is 371. The maximum atomic E-state index is 11.3. The Morgan fingerprint density at radius 2 is 2.00 bits per heavy atom. The van der Waals surface area contributed by atoms with Crippen molar-refractivity contribution >= 4 is 33.9 Å². The van der Waals surface area contributed by atoms with Gasteiger partial charge in [0.1, 0.15) is 12.6 Å². The van der Waals surface area contributed by atoms with E-state index in [2.05, 4.69) is 9.47 Å². The Balaban J connectivity index is 4.30. The van der Waals surface area contributed by atoms with E-state index in [-0.39, 0.29) is 12.5 Å². The van der Waals surface area contributed by atoms with Crippen molar-refractivity contribution in [1.82, 2.24) is 9.44 Å². The van der Waals surface area contributed by atoms with E-state index in [1.54, 1.807) is 0 Å². The zero-order chi connectivity index (χ0) is 13.5. The van der Waals surface area contributed by atoms with Gasteiger partial charge >= 0.3 is 22.3 Å². The predicted molar refractivity (Wildman–Crippen MR) is 58.7 cm³/mol. The predicted octanol–water partition coefficient (Wildman–Crippen LogP) is -0.653. The molecule has 1 atom stereocenters. The molecule has 0 aromatic rings. The molecule has 0 saturated heterocycles. The van der Waals surface area contributed by atoms with Crippen LogP contribution in [0, 0.1) is 0 Å². The second kappa shape index (κ2) is 7.30. The van der Waals surface area contributed by atoms with E-state index in [4.69, 9.17) is 11.6 Å². The molecule has 0 heterocycles. The Kier molecular flexibility index (Phi) is 6.85. The first-order chi connectivity index (χ1) is 7.82. The number of amides is 1. The molecule has 0 saturated carbocycles. The van der Waals surface area contributed by atoms with Crippen LogP contribution in [-0.4, -0.2) is 46.1 Å². The minimum absolute atomic E-state index is 0.0411. The summed E-state index contributed by atoms with van der Waals surface area (Å²) in [5.41, 5.74) is 0. The van der Waals surface area contributed by atoms with Gasteiger partial charge in [-0.2, -0.15) is 13.1 Å². The van der Waals surface area contributed by atoms with E-state index >= 15 is 0 Å². The molecule has 0 unspecified atom stereocenters. The number of halogens is 1. The van der Waals surface area contributed by atoms with Crippen LogP contribution in [0.15, 0.2) is 0 Å². The standard InChI is InChI=1S/C7H13ClN2O6S/c1-5(6(11)15-2)9-17(13,14)10-7(12)16-4-3-8/h5,9H,3-4H2,1-2H3,(H,10,12)/t5-/m1/s1. The molecule has 0 fully saturated rings. The van der Waals surface area contributed by atoms with Crippen LogP contribution in [0.25, 0.3) is 0 Å². The molecular weight excluding hydrogens is 276 g/mol. The molecule has 100 valence electrons. The summed E-state index contributed by atoms with van der Waals surface area (Å²) in [4.78, 5) is 21.8. The lowest BCUT2D eigenvalue weighted by molar-refractivity contribution is -0.142. The minimum Gasteiger partial charge on any atom is -0.468 e. The number of ether oxygens (including phenoxy) is 2. The second-order valence-electron chi connectivity index (χ2n) is 2.79. The molecule has 0 aliphatic heterocycles. The van der Waals surface area contributed by atoms with Crippen molar-refractivity contribution in [2.45, 2.75) is 13.0 Å². The largest absolute Gasteiger partial charge is 0.468 e. The summed E-state index contributed by atoms with van der Waals surface area (Å²) in [6, 6.07) is -1.13. The molecular formula is C7H13ClN2O6S. The average Bonchev–Trinajstić information content (AvgIpc) is 2.23. The van der Waals surface area contributed by atoms with Crippen LogP contribution in [0.3, 0.4) is 0 Å². The van der Waals surface area contributed by atoms with Gasteiger partial charge in [0.2, 0.25) is 0 Å². The van der Waals surface area contributed by atoms with Gasteiger partial charge in [-0.25, -0.2) is 9.52 Å². The zero-order valence-electron chi connectivity index (χ0n) is 9.23. The maximum absolute atomic E-state index is 11.3. The zero-order valence-corrected chi connectivity index (χ0v) is 10.8. The van der Waals surface area contributed by atoms with Crippen molar-refractivity contribution in [3.8, 4) is 0 Å². The summed E-state index contributed by atoms with van der Waals surface area (Å²) >= 11 is 5.23. The Morgan fingerprint density at radius 3 is 2.47 bits per heavy atom. The molecule has 0 rings (SSSR count). The summed E-state index contributed by atoms with van der Waals surface area (Å²) in [5, 5.41) is 0. The molecule has 0 aromatic heterocycles. The van der Waals surface area contributed by atoms with E-state index < -0.39 is 28.3 Å². The first-order valence-corrected chi connectivity index (χ1v) is 6.44. The first kappa shape index (κ1) is 15.9. The van der Waals surface area contributed by atoms with E-state index in [9.17, 15) is 18.0 Å². The molecule has 0 spiro atoms. The van der Waals surface area contributed by atoms with Gasteiger partial charge in [0.25, 0.3) is 0 Å². The fourth-order valence-electron chi connectivity index (χ4n) is 0.758. The van der Waals surface area contributed by atoms with Gasteiger partial charge in [-0.1, -0.05) is 0 Å². The number of rotatable bonds is 6.